The van der Waals surface area contributed by atoms with Crippen molar-refractivity contribution in [3.05, 3.63) is 34.4 Å². The molecule has 0 radical (unpaired) electrons. The van der Waals surface area contributed by atoms with Crippen LogP contribution in [0.2, 0.25) is 0 Å². The Labute approximate surface area is 92.9 Å². The van der Waals surface area contributed by atoms with E-state index in [9.17, 15) is 0 Å². The molecule has 82 valence electrons. The molecule has 0 aliphatic carbocycles. The molecule has 1 aliphatic heterocycles. The third-order valence-corrected chi connectivity index (χ3v) is 3.55. The summed E-state index contributed by atoms with van der Waals surface area (Å²) in [6.45, 7) is 8.97. The van der Waals surface area contributed by atoms with E-state index >= 15 is 0 Å². The van der Waals surface area contributed by atoms with Crippen molar-refractivity contribution >= 4 is 0 Å². The van der Waals surface area contributed by atoms with E-state index in [1.807, 2.05) is 0 Å². The third kappa shape index (κ3) is 1.93. The highest BCUT2D eigenvalue weighted by Crippen LogP contribution is 2.29. The Morgan fingerprint density at radius 1 is 1.33 bits per heavy atom. The minimum absolute atomic E-state index is 0.511. The highest BCUT2D eigenvalue weighted by molar-refractivity contribution is 5.42. The maximum atomic E-state index is 3.68. The van der Waals surface area contributed by atoms with Crippen molar-refractivity contribution in [2.45, 2.75) is 52.6 Å². The second kappa shape index (κ2) is 3.97. The summed E-state index contributed by atoms with van der Waals surface area (Å²) in [5.74, 6) is 0. The van der Waals surface area contributed by atoms with E-state index in [0.717, 1.165) is 0 Å². The van der Waals surface area contributed by atoms with Gasteiger partial charge in [-0.05, 0) is 50.3 Å². The number of fused-ring (bicyclic) bond motifs is 1. The summed E-state index contributed by atoms with van der Waals surface area (Å²) < 4.78 is 0. The van der Waals surface area contributed by atoms with Gasteiger partial charge in [-0.25, -0.2) is 0 Å². The lowest BCUT2D eigenvalue weighted by atomic mass is 9.86. The van der Waals surface area contributed by atoms with Gasteiger partial charge in [-0.2, -0.15) is 0 Å². The van der Waals surface area contributed by atoms with Gasteiger partial charge < -0.3 is 5.32 Å². The van der Waals surface area contributed by atoms with Crippen LogP contribution in [0.25, 0.3) is 0 Å². The first kappa shape index (κ1) is 10.7. The Morgan fingerprint density at radius 3 is 2.73 bits per heavy atom. The van der Waals surface area contributed by atoms with E-state index in [1.165, 1.54) is 29.5 Å². The molecule has 0 saturated carbocycles. The van der Waals surface area contributed by atoms with Crippen molar-refractivity contribution in [1.29, 1.82) is 0 Å². The number of aryl methyl sites for hydroxylation is 2. The Bertz CT molecular complexity index is 368. The zero-order valence-electron chi connectivity index (χ0n) is 10.2. The summed E-state index contributed by atoms with van der Waals surface area (Å²) in [6.07, 6.45) is 2.42. The summed E-state index contributed by atoms with van der Waals surface area (Å²) in [4.78, 5) is 0. The Hall–Kier alpha value is -0.820. The van der Waals surface area contributed by atoms with Gasteiger partial charge in [0.2, 0.25) is 0 Å². The number of hydrogen-bond acceptors (Lipinski definition) is 1. The molecule has 1 nitrogen and oxygen atoms in total. The van der Waals surface area contributed by atoms with Crippen molar-refractivity contribution in [3.8, 4) is 0 Å². The molecule has 1 aromatic carbocycles. The molecule has 0 spiro atoms. The molecule has 2 rings (SSSR count). The highest BCUT2D eigenvalue weighted by atomic mass is 15.0. The van der Waals surface area contributed by atoms with Crippen molar-refractivity contribution in [2.24, 2.45) is 0 Å². The predicted octanol–water partition coefficient (Wildman–Crippen LogP) is 3.29. The molecule has 0 aromatic heterocycles. The molecule has 0 fully saturated rings. The Morgan fingerprint density at radius 2 is 2.07 bits per heavy atom. The van der Waals surface area contributed by atoms with E-state index < -0.39 is 0 Å². The average Bonchev–Trinajstić information content (AvgIpc) is 2.19. The van der Waals surface area contributed by atoms with Crippen LogP contribution in [0.4, 0.5) is 0 Å². The molecule has 1 aromatic rings. The monoisotopic (exact) mass is 203 g/mol. The lowest BCUT2D eigenvalue weighted by Gasteiger charge is -2.32. The van der Waals surface area contributed by atoms with Crippen molar-refractivity contribution in [1.82, 2.24) is 5.32 Å². The second-order valence-electron chi connectivity index (χ2n) is 4.85. The van der Waals surface area contributed by atoms with Gasteiger partial charge in [0, 0.05) is 12.1 Å². The number of rotatable bonds is 1. The topological polar surface area (TPSA) is 12.0 Å². The van der Waals surface area contributed by atoms with Crippen molar-refractivity contribution < 1.29 is 0 Å². The lowest BCUT2D eigenvalue weighted by molar-refractivity contribution is 0.411. The van der Waals surface area contributed by atoms with E-state index in [0.29, 0.717) is 12.1 Å². The first-order valence-electron chi connectivity index (χ1n) is 5.98. The van der Waals surface area contributed by atoms with E-state index in [2.05, 4.69) is 45.1 Å². The molecule has 2 atom stereocenters. The first-order valence-corrected chi connectivity index (χ1v) is 5.98. The van der Waals surface area contributed by atoms with Gasteiger partial charge in [0.1, 0.15) is 0 Å². The zero-order chi connectivity index (χ0) is 11.0. The minimum atomic E-state index is 0.511. The van der Waals surface area contributed by atoms with Crippen LogP contribution < -0.4 is 5.32 Å². The normalized spacial score (nSPS) is 25.1. The molecule has 1 heteroatoms. The summed E-state index contributed by atoms with van der Waals surface area (Å²) in [7, 11) is 0. The molecule has 2 unspecified atom stereocenters. The van der Waals surface area contributed by atoms with Gasteiger partial charge in [0.15, 0.2) is 0 Å². The van der Waals surface area contributed by atoms with Crippen LogP contribution in [0, 0.1) is 13.8 Å². The smallest absolute Gasteiger partial charge is 0.0297 e. The molecule has 0 saturated heterocycles. The molecule has 1 heterocycles. The summed E-state index contributed by atoms with van der Waals surface area (Å²) >= 11 is 0. The van der Waals surface area contributed by atoms with Crippen LogP contribution in [0.5, 0.6) is 0 Å². The molecule has 1 N–H and O–H groups in total. The molecule has 15 heavy (non-hydrogen) atoms. The second-order valence-corrected chi connectivity index (χ2v) is 4.85. The Balaban J connectivity index is 2.45. The fourth-order valence-corrected chi connectivity index (χ4v) is 2.71. The molecular formula is C14H21N. The molecule has 1 aliphatic rings. The fraction of sp³-hybridized carbons (Fsp3) is 0.571. The first-order chi connectivity index (χ1) is 7.11. The number of benzene rings is 1. The minimum Gasteiger partial charge on any atom is -0.307 e. The van der Waals surface area contributed by atoms with Gasteiger partial charge >= 0.3 is 0 Å². The van der Waals surface area contributed by atoms with E-state index in [1.54, 1.807) is 5.56 Å². The summed E-state index contributed by atoms with van der Waals surface area (Å²) in [5, 5.41) is 3.68. The van der Waals surface area contributed by atoms with E-state index in [-0.39, 0.29) is 0 Å². The van der Waals surface area contributed by atoms with Crippen LogP contribution in [0.3, 0.4) is 0 Å². The molecule has 0 amide bonds. The highest BCUT2D eigenvalue weighted by Gasteiger charge is 2.23. The van der Waals surface area contributed by atoms with Crippen molar-refractivity contribution in [2.75, 3.05) is 0 Å². The maximum Gasteiger partial charge on any atom is 0.0297 e. The average molecular weight is 203 g/mol. The van der Waals surface area contributed by atoms with Gasteiger partial charge in [-0.15, -0.1) is 0 Å². The SMILES string of the molecule is CCC1Cc2c(C)cc(C)cc2C(C)N1. The number of hydrogen-bond donors (Lipinski definition) is 1. The van der Waals surface area contributed by atoms with Crippen LogP contribution in [-0.2, 0) is 6.42 Å². The third-order valence-electron chi connectivity index (χ3n) is 3.55. The molecular weight excluding hydrogens is 182 g/mol. The van der Waals surface area contributed by atoms with Gasteiger partial charge in [0.05, 0.1) is 0 Å². The van der Waals surface area contributed by atoms with Crippen LogP contribution >= 0.6 is 0 Å². The fourth-order valence-electron chi connectivity index (χ4n) is 2.71. The summed E-state index contributed by atoms with van der Waals surface area (Å²) in [6, 6.07) is 5.82. The zero-order valence-corrected chi connectivity index (χ0v) is 10.2. The predicted molar refractivity (Wildman–Crippen MR) is 65.2 cm³/mol. The lowest BCUT2D eigenvalue weighted by Crippen LogP contribution is -2.38. The van der Waals surface area contributed by atoms with Gasteiger partial charge in [0.25, 0.3) is 0 Å². The largest absolute Gasteiger partial charge is 0.307 e. The van der Waals surface area contributed by atoms with E-state index in [4.69, 9.17) is 0 Å². The summed E-state index contributed by atoms with van der Waals surface area (Å²) in [5.41, 5.74) is 5.95. The Kier molecular flexibility index (Phi) is 2.83. The van der Waals surface area contributed by atoms with Crippen LogP contribution in [0.1, 0.15) is 48.6 Å². The number of nitrogens with one attached hydrogen (secondary N) is 1. The van der Waals surface area contributed by atoms with Crippen LogP contribution in [-0.4, -0.2) is 6.04 Å². The van der Waals surface area contributed by atoms with Gasteiger partial charge in [-0.3, -0.25) is 0 Å². The maximum absolute atomic E-state index is 3.68. The quantitative estimate of drug-likeness (QED) is 0.738. The molecule has 0 bridgehead atoms. The van der Waals surface area contributed by atoms with Crippen LogP contribution in [0.15, 0.2) is 12.1 Å². The van der Waals surface area contributed by atoms with Gasteiger partial charge in [-0.1, -0.05) is 24.6 Å². The van der Waals surface area contributed by atoms with Crippen molar-refractivity contribution in [3.63, 3.8) is 0 Å². The standard InChI is InChI=1S/C14H21N/c1-5-12-8-13-10(3)6-9(2)7-14(13)11(4)15-12/h6-7,11-12,15H,5,8H2,1-4H3.